The van der Waals surface area contributed by atoms with E-state index >= 15 is 0 Å². The Morgan fingerprint density at radius 1 is 1.16 bits per heavy atom. The average Bonchev–Trinajstić information content (AvgIpc) is 3.03. The van der Waals surface area contributed by atoms with Crippen molar-refractivity contribution < 1.29 is 19.4 Å². The van der Waals surface area contributed by atoms with Crippen LogP contribution in [0, 0.1) is 5.92 Å². The van der Waals surface area contributed by atoms with Crippen molar-refractivity contribution in [1.82, 2.24) is 0 Å². The average molecular weight is 438 g/mol. The van der Waals surface area contributed by atoms with Gasteiger partial charge in [0.1, 0.15) is 5.60 Å². The highest BCUT2D eigenvalue weighted by molar-refractivity contribution is 6.16. The molecule has 5 heteroatoms. The Balaban J connectivity index is 0.000000427. The van der Waals surface area contributed by atoms with Crippen molar-refractivity contribution in [3.8, 4) is 11.5 Å². The summed E-state index contributed by atoms with van der Waals surface area (Å²) in [6, 6.07) is 12.7. The van der Waals surface area contributed by atoms with Crippen LogP contribution in [0.3, 0.4) is 0 Å². The summed E-state index contributed by atoms with van der Waals surface area (Å²) in [7, 11) is 0. The lowest BCUT2D eigenvalue weighted by atomic mass is 9.81. The fraction of sp³-hybridized carbons (Fsp3) is 0.481. The largest absolute Gasteiger partial charge is 0.490 e. The molecule has 2 heterocycles. The topological polar surface area (TPSA) is 68.1 Å². The van der Waals surface area contributed by atoms with E-state index in [1.807, 2.05) is 13.0 Å². The van der Waals surface area contributed by atoms with E-state index < -0.39 is 5.97 Å². The maximum absolute atomic E-state index is 9.70. The Labute approximate surface area is 191 Å². The number of carboxylic acid groups (broad SMARTS) is 1. The molecule has 0 amide bonds. The molecule has 0 radical (unpaired) electrons. The summed E-state index contributed by atoms with van der Waals surface area (Å²) in [5.41, 5.74) is 5.69. The molecule has 5 nitrogen and oxygen atoms in total. The lowest BCUT2D eigenvalue weighted by Crippen LogP contribution is -2.30. The molecular weight excluding hydrogens is 402 g/mol. The molecule has 1 N–H and O–H groups in total. The van der Waals surface area contributed by atoms with Gasteiger partial charge in [0.2, 0.25) is 0 Å². The third-order valence-corrected chi connectivity index (χ3v) is 5.52. The summed E-state index contributed by atoms with van der Waals surface area (Å²) in [5.74, 6) is 0.802. The van der Waals surface area contributed by atoms with Crippen molar-refractivity contribution in [2.24, 2.45) is 10.9 Å². The SMILES string of the molecule is CC(C)C(=O)O.CCOc1cc2c(c3c1OC(C)(C)C3)C(c1ccccc1)=NC(C)(C)C2. The highest BCUT2D eigenvalue weighted by Gasteiger charge is 2.39. The van der Waals surface area contributed by atoms with Gasteiger partial charge in [0, 0.05) is 23.1 Å². The van der Waals surface area contributed by atoms with Gasteiger partial charge in [0.25, 0.3) is 0 Å². The number of fused-ring (bicyclic) bond motifs is 3. The van der Waals surface area contributed by atoms with Gasteiger partial charge in [0.05, 0.1) is 23.8 Å². The molecule has 2 aromatic carbocycles. The first kappa shape index (κ1) is 23.8. The number of aliphatic imine (C=N–C) groups is 1. The minimum absolute atomic E-state index is 0.134. The second kappa shape index (κ2) is 8.97. The van der Waals surface area contributed by atoms with Gasteiger partial charge in [-0.05, 0) is 52.7 Å². The van der Waals surface area contributed by atoms with E-state index in [4.69, 9.17) is 19.6 Å². The van der Waals surface area contributed by atoms with Crippen molar-refractivity contribution in [2.45, 2.75) is 72.4 Å². The van der Waals surface area contributed by atoms with Crippen LogP contribution < -0.4 is 9.47 Å². The van der Waals surface area contributed by atoms with E-state index in [2.05, 4.69) is 58.0 Å². The van der Waals surface area contributed by atoms with Crippen LogP contribution in [0.1, 0.15) is 70.7 Å². The zero-order valence-corrected chi connectivity index (χ0v) is 20.3. The summed E-state index contributed by atoms with van der Waals surface area (Å²) in [4.78, 5) is 14.8. The molecule has 0 saturated carbocycles. The second-order valence-electron chi connectivity index (χ2n) is 10.00. The van der Waals surface area contributed by atoms with Crippen LogP contribution in [-0.2, 0) is 17.6 Å². The lowest BCUT2D eigenvalue weighted by Gasteiger charge is -2.31. The van der Waals surface area contributed by atoms with Crippen LogP contribution in [0.15, 0.2) is 41.4 Å². The van der Waals surface area contributed by atoms with Crippen molar-refractivity contribution in [2.75, 3.05) is 6.61 Å². The summed E-state index contributed by atoms with van der Waals surface area (Å²) >= 11 is 0. The van der Waals surface area contributed by atoms with Crippen molar-refractivity contribution >= 4 is 11.7 Å². The van der Waals surface area contributed by atoms with E-state index in [0.29, 0.717) is 6.61 Å². The molecule has 172 valence electrons. The van der Waals surface area contributed by atoms with Gasteiger partial charge in [-0.15, -0.1) is 0 Å². The van der Waals surface area contributed by atoms with Crippen molar-refractivity contribution in [3.05, 3.63) is 58.7 Å². The number of hydrogen-bond donors (Lipinski definition) is 1. The van der Waals surface area contributed by atoms with Crippen LogP contribution >= 0.6 is 0 Å². The van der Waals surface area contributed by atoms with Crippen LogP contribution in [0.4, 0.5) is 0 Å². The summed E-state index contributed by atoms with van der Waals surface area (Å²) in [6.45, 7) is 14.6. The minimum atomic E-state index is -0.741. The van der Waals surface area contributed by atoms with Crippen LogP contribution in [0.25, 0.3) is 0 Å². The minimum Gasteiger partial charge on any atom is -0.490 e. The van der Waals surface area contributed by atoms with Crippen LogP contribution in [0.5, 0.6) is 11.5 Å². The number of carboxylic acids is 1. The van der Waals surface area contributed by atoms with E-state index in [-0.39, 0.29) is 17.1 Å². The number of rotatable bonds is 4. The molecule has 0 bridgehead atoms. The molecule has 0 unspecified atom stereocenters. The molecule has 2 aliphatic heterocycles. The molecule has 0 spiro atoms. The Morgan fingerprint density at radius 3 is 2.34 bits per heavy atom. The zero-order valence-electron chi connectivity index (χ0n) is 20.3. The quantitative estimate of drug-likeness (QED) is 0.666. The molecule has 0 aromatic heterocycles. The maximum Gasteiger partial charge on any atom is 0.305 e. The second-order valence-corrected chi connectivity index (χ2v) is 10.00. The zero-order chi connectivity index (χ0) is 23.7. The van der Waals surface area contributed by atoms with Gasteiger partial charge in [-0.25, -0.2) is 0 Å². The van der Waals surface area contributed by atoms with Crippen LogP contribution in [0.2, 0.25) is 0 Å². The van der Waals surface area contributed by atoms with E-state index in [0.717, 1.165) is 35.6 Å². The smallest absolute Gasteiger partial charge is 0.305 e. The molecule has 0 saturated heterocycles. The number of carbonyl (C=O) groups is 1. The highest BCUT2D eigenvalue weighted by Crippen LogP contribution is 2.47. The van der Waals surface area contributed by atoms with Crippen molar-refractivity contribution in [3.63, 3.8) is 0 Å². The molecular formula is C27H35NO4. The first-order chi connectivity index (χ1) is 14.9. The standard InChI is InChI=1S/C23H27NO2.C4H8O2/c1-6-25-18-12-16-13-22(2,3)24-20(15-10-8-7-9-11-15)19(16)17-14-23(4,5)26-21(17)18;1-3(2)4(5)6/h7-12H,6,13-14H2,1-5H3;3H,1-2H3,(H,5,6). The lowest BCUT2D eigenvalue weighted by molar-refractivity contribution is -0.140. The number of aliphatic carboxylic acids is 1. The van der Waals surface area contributed by atoms with E-state index in [9.17, 15) is 4.79 Å². The van der Waals surface area contributed by atoms with E-state index in [1.54, 1.807) is 13.8 Å². The normalized spacial score (nSPS) is 17.3. The number of ether oxygens (including phenoxy) is 2. The molecule has 2 aromatic rings. The molecule has 32 heavy (non-hydrogen) atoms. The Kier molecular flexibility index (Phi) is 6.68. The molecule has 2 aliphatic rings. The van der Waals surface area contributed by atoms with Gasteiger partial charge in [-0.3, -0.25) is 9.79 Å². The molecule has 0 aliphatic carbocycles. The fourth-order valence-corrected chi connectivity index (χ4v) is 4.14. The number of nitrogens with zero attached hydrogens (tertiary/aromatic N) is 1. The monoisotopic (exact) mass is 437 g/mol. The van der Waals surface area contributed by atoms with Gasteiger partial charge < -0.3 is 14.6 Å². The molecule has 0 atom stereocenters. The predicted molar refractivity (Wildman–Crippen MR) is 128 cm³/mol. The number of benzene rings is 2. The van der Waals surface area contributed by atoms with Gasteiger partial charge in [-0.2, -0.15) is 0 Å². The number of hydrogen-bond acceptors (Lipinski definition) is 4. The summed E-state index contributed by atoms with van der Waals surface area (Å²) in [6.07, 6.45) is 1.78. The first-order valence-corrected chi connectivity index (χ1v) is 11.3. The van der Waals surface area contributed by atoms with Gasteiger partial charge in [0.15, 0.2) is 11.5 Å². The Bertz CT molecular complexity index is 1020. The van der Waals surface area contributed by atoms with Crippen molar-refractivity contribution in [1.29, 1.82) is 0 Å². The molecule has 4 rings (SSSR count). The maximum atomic E-state index is 9.70. The van der Waals surface area contributed by atoms with E-state index in [1.165, 1.54) is 16.7 Å². The highest BCUT2D eigenvalue weighted by atomic mass is 16.5. The third-order valence-electron chi connectivity index (χ3n) is 5.52. The Morgan fingerprint density at radius 2 is 1.78 bits per heavy atom. The fourth-order valence-electron chi connectivity index (χ4n) is 4.14. The van der Waals surface area contributed by atoms with Gasteiger partial charge >= 0.3 is 5.97 Å². The predicted octanol–water partition coefficient (Wildman–Crippen LogP) is 5.70. The van der Waals surface area contributed by atoms with Crippen LogP contribution in [-0.4, -0.2) is 34.5 Å². The summed E-state index contributed by atoms with van der Waals surface area (Å²) in [5, 5.41) is 7.99. The third kappa shape index (κ3) is 5.14. The first-order valence-electron chi connectivity index (χ1n) is 11.3. The molecule has 0 fully saturated rings. The Hall–Kier alpha value is -2.82. The van der Waals surface area contributed by atoms with Gasteiger partial charge in [-0.1, -0.05) is 44.2 Å². The summed E-state index contributed by atoms with van der Waals surface area (Å²) < 4.78 is 12.3.